The van der Waals surface area contributed by atoms with Gasteiger partial charge in [-0.25, -0.2) is 15.0 Å². The maximum atomic E-state index is 12.3. The second kappa shape index (κ2) is 7.13. The topological polar surface area (TPSA) is 73.1 Å². The Hall–Kier alpha value is -2.28. The number of morpholine rings is 1. The van der Waals surface area contributed by atoms with Crippen LogP contribution >= 0.6 is 0 Å². The fraction of sp³-hybridized carbons (Fsp3) is 0.467. The van der Waals surface area contributed by atoms with Crippen LogP contribution in [0.4, 0.5) is 0 Å². The summed E-state index contributed by atoms with van der Waals surface area (Å²) in [7, 11) is 0. The SMILES string of the molecule is O=C(Cn1ccnc1)N1CCO[C@H](CCc2ccncn2)C1. The van der Waals surface area contributed by atoms with Crippen LogP contribution in [0.15, 0.2) is 37.3 Å². The molecule has 3 heterocycles. The molecular formula is C15H19N5O2. The van der Waals surface area contributed by atoms with Crippen LogP contribution in [0.1, 0.15) is 12.1 Å². The summed E-state index contributed by atoms with van der Waals surface area (Å²) in [6, 6.07) is 1.91. The van der Waals surface area contributed by atoms with Crippen LogP contribution in [-0.4, -0.2) is 56.1 Å². The van der Waals surface area contributed by atoms with E-state index in [9.17, 15) is 4.79 Å². The predicted molar refractivity (Wildman–Crippen MR) is 78.9 cm³/mol. The molecule has 1 saturated heterocycles. The molecule has 0 bridgehead atoms. The van der Waals surface area contributed by atoms with E-state index < -0.39 is 0 Å². The maximum absolute atomic E-state index is 12.3. The molecule has 0 aromatic carbocycles. The summed E-state index contributed by atoms with van der Waals surface area (Å²) in [6.07, 6.45) is 10.2. The van der Waals surface area contributed by atoms with Crippen molar-refractivity contribution in [3.8, 4) is 0 Å². The maximum Gasteiger partial charge on any atom is 0.242 e. The van der Waals surface area contributed by atoms with Gasteiger partial charge < -0.3 is 14.2 Å². The van der Waals surface area contributed by atoms with Gasteiger partial charge in [0.2, 0.25) is 5.91 Å². The fourth-order valence-electron chi connectivity index (χ4n) is 2.53. The summed E-state index contributed by atoms with van der Waals surface area (Å²) >= 11 is 0. The highest BCUT2D eigenvalue weighted by Crippen LogP contribution is 2.12. The number of amides is 1. The summed E-state index contributed by atoms with van der Waals surface area (Å²) in [5, 5.41) is 0. The van der Waals surface area contributed by atoms with E-state index in [2.05, 4.69) is 15.0 Å². The van der Waals surface area contributed by atoms with Gasteiger partial charge in [-0.3, -0.25) is 4.79 Å². The van der Waals surface area contributed by atoms with Crippen LogP contribution in [0.5, 0.6) is 0 Å². The molecule has 1 fully saturated rings. The molecule has 2 aromatic heterocycles. The third-order valence-corrected chi connectivity index (χ3v) is 3.73. The van der Waals surface area contributed by atoms with Crippen molar-refractivity contribution in [1.82, 2.24) is 24.4 Å². The van der Waals surface area contributed by atoms with Crippen LogP contribution in [-0.2, 0) is 22.5 Å². The predicted octanol–water partition coefficient (Wildman–Crippen LogP) is 0.533. The molecule has 1 aliphatic rings. The lowest BCUT2D eigenvalue weighted by molar-refractivity contribution is -0.139. The number of carbonyl (C=O) groups excluding carboxylic acids is 1. The minimum Gasteiger partial charge on any atom is -0.375 e. The van der Waals surface area contributed by atoms with Gasteiger partial charge in [0.1, 0.15) is 12.9 Å². The van der Waals surface area contributed by atoms with Crippen LogP contribution in [0.25, 0.3) is 0 Å². The van der Waals surface area contributed by atoms with Crippen molar-refractivity contribution in [2.45, 2.75) is 25.5 Å². The Balaban J connectivity index is 1.49. The summed E-state index contributed by atoms with van der Waals surface area (Å²) < 4.78 is 7.54. The lowest BCUT2D eigenvalue weighted by Gasteiger charge is -2.33. The van der Waals surface area contributed by atoms with E-state index in [1.54, 1.807) is 35.8 Å². The Bertz CT molecular complexity index is 587. The number of imidazole rings is 1. The van der Waals surface area contributed by atoms with Crippen LogP contribution in [0.3, 0.4) is 0 Å². The normalized spacial score (nSPS) is 18.4. The number of hydrogen-bond acceptors (Lipinski definition) is 5. The number of rotatable bonds is 5. The minimum absolute atomic E-state index is 0.0652. The Morgan fingerprint density at radius 2 is 2.32 bits per heavy atom. The first kappa shape index (κ1) is 14.6. The van der Waals surface area contributed by atoms with Gasteiger partial charge in [0.05, 0.1) is 19.0 Å². The number of ether oxygens (including phenoxy) is 1. The van der Waals surface area contributed by atoms with Gasteiger partial charge in [-0.15, -0.1) is 0 Å². The lowest BCUT2D eigenvalue weighted by Crippen LogP contribution is -2.46. The minimum atomic E-state index is 0.0652. The molecule has 0 unspecified atom stereocenters. The molecule has 1 amide bonds. The third kappa shape index (κ3) is 3.88. The zero-order valence-electron chi connectivity index (χ0n) is 12.3. The molecule has 1 atom stereocenters. The average molecular weight is 301 g/mol. The molecule has 1 aliphatic heterocycles. The van der Waals surface area contributed by atoms with Gasteiger partial charge in [-0.05, 0) is 18.9 Å². The zero-order valence-corrected chi connectivity index (χ0v) is 12.3. The standard InChI is InChI=1S/C15H19N5O2/c21-15(10-19-6-5-17-12-19)20-7-8-22-14(9-20)2-1-13-3-4-16-11-18-13/h3-6,11-12,14H,1-2,7-10H2/t14-/m1/s1. The molecule has 7 heteroatoms. The number of aryl methyl sites for hydroxylation is 1. The zero-order chi connectivity index (χ0) is 15.2. The third-order valence-electron chi connectivity index (χ3n) is 3.73. The van der Waals surface area contributed by atoms with E-state index in [-0.39, 0.29) is 12.0 Å². The first-order valence-corrected chi connectivity index (χ1v) is 7.41. The van der Waals surface area contributed by atoms with Gasteiger partial charge in [-0.1, -0.05) is 0 Å². The highest BCUT2D eigenvalue weighted by atomic mass is 16.5. The van der Waals surface area contributed by atoms with Crippen molar-refractivity contribution >= 4 is 5.91 Å². The molecule has 0 radical (unpaired) electrons. The second-order valence-corrected chi connectivity index (χ2v) is 5.31. The molecule has 0 N–H and O–H groups in total. The molecular weight excluding hydrogens is 282 g/mol. The van der Waals surface area contributed by atoms with Gasteiger partial charge in [0.15, 0.2) is 0 Å². The highest BCUT2D eigenvalue weighted by Gasteiger charge is 2.24. The molecule has 2 aromatic rings. The van der Waals surface area contributed by atoms with E-state index in [4.69, 9.17) is 4.74 Å². The molecule has 0 aliphatic carbocycles. The van der Waals surface area contributed by atoms with Gasteiger partial charge in [0, 0.05) is 37.4 Å². The average Bonchev–Trinajstić information content (AvgIpc) is 3.07. The number of aromatic nitrogens is 4. The number of hydrogen-bond donors (Lipinski definition) is 0. The van der Waals surface area contributed by atoms with Gasteiger partial charge >= 0.3 is 0 Å². The van der Waals surface area contributed by atoms with E-state index in [0.717, 1.165) is 18.5 Å². The first-order valence-electron chi connectivity index (χ1n) is 7.41. The smallest absolute Gasteiger partial charge is 0.242 e. The van der Waals surface area contributed by atoms with E-state index in [0.29, 0.717) is 26.2 Å². The Labute approximate surface area is 129 Å². The Morgan fingerprint density at radius 3 is 3.09 bits per heavy atom. The monoisotopic (exact) mass is 301 g/mol. The Kier molecular flexibility index (Phi) is 4.75. The van der Waals surface area contributed by atoms with E-state index in [1.807, 2.05) is 11.0 Å². The van der Waals surface area contributed by atoms with E-state index in [1.165, 1.54) is 0 Å². The van der Waals surface area contributed by atoms with Crippen LogP contribution in [0, 0.1) is 0 Å². The summed E-state index contributed by atoms with van der Waals surface area (Å²) in [5.74, 6) is 0.105. The van der Waals surface area contributed by atoms with Crippen molar-refractivity contribution in [2.75, 3.05) is 19.7 Å². The number of carbonyl (C=O) groups is 1. The van der Waals surface area contributed by atoms with Crippen molar-refractivity contribution in [2.24, 2.45) is 0 Å². The quantitative estimate of drug-likeness (QED) is 0.805. The fourth-order valence-corrected chi connectivity index (χ4v) is 2.53. The summed E-state index contributed by atoms with van der Waals surface area (Å²) in [6.45, 7) is 2.21. The van der Waals surface area contributed by atoms with Gasteiger partial charge in [-0.2, -0.15) is 0 Å². The molecule has 22 heavy (non-hydrogen) atoms. The molecule has 0 saturated carbocycles. The van der Waals surface area contributed by atoms with Crippen LogP contribution in [0.2, 0.25) is 0 Å². The first-order chi connectivity index (χ1) is 10.8. The van der Waals surface area contributed by atoms with Crippen molar-refractivity contribution in [1.29, 1.82) is 0 Å². The lowest BCUT2D eigenvalue weighted by atomic mass is 10.1. The molecule has 7 nitrogen and oxygen atoms in total. The second-order valence-electron chi connectivity index (χ2n) is 5.31. The van der Waals surface area contributed by atoms with Crippen LogP contribution < -0.4 is 0 Å². The highest BCUT2D eigenvalue weighted by molar-refractivity contribution is 5.76. The molecule has 0 spiro atoms. The van der Waals surface area contributed by atoms with Crippen molar-refractivity contribution < 1.29 is 9.53 Å². The summed E-state index contributed by atoms with van der Waals surface area (Å²) in [4.78, 5) is 26.2. The molecule has 116 valence electrons. The Morgan fingerprint density at radius 1 is 1.36 bits per heavy atom. The van der Waals surface area contributed by atoms with E-state index >= 15 is 0 Å². The van der Waals surface area contributed by atoms with Crippen molar-refractivity contribution in [3.05, 3.63) is 43.0 Å². The summed E-state index contributed by atoms with van der Waals surface area (Å²) in [5.41, 5.74) is 1.00. The van der Waals surface area contributed by atoms with Crippen molar-refractivity contribution in [3.63, 3.8) is 0 Å². The molecule has 3 rings (SSSR count). The number of nitrogens with zero attached hydrogens (tertiary/aromatic N) is 5. The largest absolute Gasteiger partial charge is 0.375 e. The van der Waals surface area contributed by atoms with Gasteiger partial charge in [0.25, 0.3) is 0 Å².